The SMILES string of the molecule is CC/C=C\C/C=C\C/C=C\C/C=C\C/C=C\C/C=C\C/C=C\C/C=C\C/C=C\C/C=C\CCCCC(=O)OC(COC(=O)CCCCCCCCCCCCCCCCCCCCC/C=C\C/C=C\C/C=C\C/C=C\C/C=C\C/C=C\C/C=C\CC)COC(OCC[N+](C)(C)C)C(=O)[O-]. The van der Waals surface area contributed by atoms with E-state index in [0.717, 1.165) is 141 Å². The van der Waals surface area contributed by atoms with Crippen molar-refractivity contribution in [2.24, 2.45) is 0 Å². The first kappa shape index (κ1) is 92.9. The number of allylic oxidation sites excluding steroid dienone is 34. The maximum Gasteiger partial charge on any atom is 0.306 e. The van der Waals surface area contributed by atoms with Gasteiger partial charge in [0, 0.05) is 12.8 Å². The Kier molecular flexibility index (Phi) is 72.8. The number of rotatable bonds is 70. The molecule has 2 unspecified atom stereocenters. The second kappa shape index (κ2) is 77.6. The smallest absolute Gasteiger partial charge is 0.306 e. The van der Waals surface area contributed by atoms with Crippen molar-refractivity contribution < 1.29 is 42.9 Å². The monoisotopic (exact) mass is 1370 g/mol. The van der Waals surface area contributed by atoms with Crippen molar-refractivity contribution in [2.75, 3.05) is 47.5 Å². The Balaban J connectivity index is 4.15. The molecule has 0 aliphatic heterocycles. The van der Waals surface area contributed by atoms with Crippen LogP contribution in [-0.4, -0.2) is 82.3 Å². The Hall–Kier alpha value is -6.13. The number of ether oxygens (including phenoxy) is 4. The molecule has 99 heavy (non-hydrogen) atoms. The summed E-state index contributed by atoms with van der Waals surface area (Å²) in [4.78, 5) is 37.6. The second-order valence-electron chi connectivity index (χ2n) is 26.5. The van der Waals surface area contributed by atoms with Gasteiger partial charge in [-0.05, 0) is 148 Å². The van der Waals surface area contributed by atoms with Crippen molar-refractivity contribution in [2.45, 2.75) is 296 Å². The fourth-order valence-corrected chi connectivity index (χ4v) is 10.1. The molecule has 2 atom stereocenters. The van der Waals surface area contributed by atoms with E-state index in [2.05, 4.69) is 220 Å². The van der Waals surface area contributed by atoms with Crippen molar-refractivity contribution in [3.05, 3.63) is 207 Å². The summed E-state index contributed by atoms with van der Waals surface area (Å²) < 4.78 is 22.8. The third-order valence-electron chi connectivity index (χ3n) is 16.0. The molecule has 0 aromatic heterocycles. The summed E-state index contributed by atoms with van der Waals surface area (Å²) in [6, 6.07) is 0. The molecule has 0 rings (SSSR count). The van der Waals surface area contributed by atoms with Crippen molar-refractivity contribution in [3.63, 3.8) is 0 Å². The van der Waals surface area contributed by atoms with E-state index >= 15 is 0 Å². The number of carboxylic acid groups (broad SMARTS) is 1. The van der Waals surface area contributed by atoms with Crippen LogP contribution in [0, 0.1) is 0 Å². The topological polar surface area (TPSA) is 111 Å². The molecular formula is C90H143NO8. The lowest BCUT2D eigenvalue weighted by molar-refractivity contribution is -0.870. The van der Waals surface area contributed by atoms with E-state index in [1.165, 1.54) is 109 Å². The molecule has 0 aromatic carbocycles. The Morgan fingerprint density at radius 2 is 0.545 bits per heavy atom. The summed E-state index contributed by atoms with van der Waals surface area (Å²) in [6.45, 7) is 4.46. The number of quaternary nitrogens is 1. The summed E-state index contributed by atoms with van der Waals surface area (Å²) in [5.41, 5.74) is 0. The molecule has 0 spiro atoms. The highest BCUT2D eigenvalue weighted by atomic mass is 16.7. The third kappa shape index (κ3) is 79.1. The number of unbranched alkanes of at least 4 members (excludes halogenated alkanes) is 21. The van der Waals surface area contributed by atoms with Gasteiger partial charge in [-0.2, -0.15) is 0 Å². The molecule has 0 amide bonds. The molecule has 0 heterocycles. The minimum atomic E-state index is -1.65. The van der Waals surface area contributed by atoms with Gasteiger partial charge >= 0.3 is 11.9 Å². The molecule has 0 aromatic rings. The molecule has 556 valence electrons. The zero-order chi connectivity index (χ0) is 71.8. The highest BCUT2D eigenvalue weighted by Crippen LogP contribution is 2.17. The van der Waals surface area contributed by atoms with E-state index in [1.807, 2.05) is 21.1 Å². The number of carbonyl (C=O) groups excluding carboxylic acids is 3. The number of carbonyl (C=O) groups is 3. The van der Waals surface area contributed by atoms with E-state index < -0.39 is 24.3 Å². The predicted molar refractivity (Wildman–Crippen MR) is 425 cm³/mol. The lowest BCUT2D eigenvalue weighted by Gasteiger charge is -2.26. The standard InChI is InChI=1S/C90H143NO8/c1-6-8-10-12-14-16-18-20-22-24-26-28-30-32-34-36-38-40-41-42-43-44-45-46-47-49-50-52-54-56-58-60-62-64-66-68-70-72-74-76-78-80-87(92)97-84-86(85-98-90(89(94)95)96-83-82-91(3,4)5)99-88(93)81-79-77-75-73-71-69-67-65-63-61-59-57-55-53-51-48-39-37-35-33-31-29-27-25-23-21-19-17-15-13-11-9-7-2/h8-11,14-17,20-23,26-29,32-35,38-40,42-43,48,53,55,59,61,65,67,71,73,86,90H,6-7,12-13,18-19,24-25,30-31,36-37,41,44-47,49-52,54,56-58,60,62-64,66,68-70,72,74-85H2,1-5H3/b10-8-,11-9-,16-14-,17-15-,22-20-,23-21-,28-26-,29-27-,34-32-,35-33-,40-38-,43-42-,48-39-,55-53-,61-59-,67-65-,73-71-. The van der Waals surface area contributed by atoms with E-state index in [0.29, 0.717) is 17.4 Å². The van der Waals surface area contributed by atoms with Crippen molar-refractivity contribution >= 4 is 17.9 Å². The van der Waals surface area contributed by atoms with Crippen LogP contribution < -0.4 is 5.11 Å². The maximum atomic E-state index is 12.9. The minimum Gasteiger partial charge on any atom is -0.545 e. The molecule has 0 aliphatic rings. The number of esters is 2. The van der Waals surface area contributed by atoms with Crippen LogP contribution in [0.25, 0.3) is 0 Å². The van der Waals surface area contributed by atoms with E-state index in [1.54, 1.807) is 0 Å². The van der Waals surface area contributed by atoms with Gasteiger partial charge < -0.3 is 33.3 Å². The second-order valence-corrected chi connectivity index (χ2v) is 26.5. The van der Waals surface area contributed by atoms with Crippen LogP contribution in [0.1, 0.15) is 284 Å². The Morgan fingerprint density at radius 3 is 0.828 bits per heavy atom. The summed E-state index contributed by atoms with van der Waals surface area (Å²) >= 11 is 0. The van der Waals surface area contributed by atoms with Crippen LogP contribution in [0.15, 0.2) is 207 Å². The normalized spacial score (nSPS) is 13.8. The number of aliphatic carboxylic acids is 1. The first-order chi connectivity index (χ1) is 48.6. The number of likely N-dealkylation sites (N-methyl/N-ethyl adjacent to an activating group) is 1. The molecule has 0 radical (unpaired) electrons. The number of nitrogens with zero attached hydrogens (tertiary/aromatic N) is 1. The Bertz CT molecular complexity index is 2390. The van der Waals surface area contributed by atoms with Gasteiger partial charge in [0.15, 0.2) is 12.4 Å². The largest absolute Gasteiger partial charge is 0.545 e. The molecule has 0 bridgehead atoms. The molecule has 0 fully saturated rings. The highest BCUT2D eigenvalue weighted by molar-refractivity contribution is 5.70. The highest BCUT2D eigenvalue weighted by Gasteiger charge is 2.22. The average Bonchev–Trinajstić information content (AvgIpc) is 1.57. The molecule has 0 saturated heterocycles. The predicted octanol–water partition coefficient (Wildman–Crippen LogP) is 24.1. The average molecular weight is 1370 g/mol. The van der Waals surface area contributed by atoms with Crippen molar-refractivity contribution in [1.82, 2.24) is 0 Å². The summed E-state index contributed by atoms with van der Waals surface area (Å²) in [7, 11) is 5.91. The van der Waals surface area contributed by atoms with Crippen molar-refractivity contribution in [1.29, 1.82) is 0 Å². The zero-order valence-electron chi connectivity index (χ0n) is 63.5. The minimum absolute atomic E-state index is 0.130. The van der Waals surface area contributed by atoms with E-state index in [4.69, 9.17) is 18.9 Å². The fourth-order valence-electron chi connectivity index (χ4n) is 10.1. The van der Waals surface area contributed by atoms with Crippen LogP contribution in [0.2, 0.25) is 0 Å². The lowest BCUT2D eigenvalue weighted by atomic mass is 10.0. The molecule has 9 heteroatoms. The summed E-state index contributed by atoms with van der Waals surface area (Å²) in [5.74, 6) is -2.36. The van der Waals surface area contributed by atoms with Gasteiger partial charge in [0.25, 0.3) is 0 Å². The van der Waals surface area contributed by atoms with Gasteiger partial charge in [0.1, 0.15) is 13.2 Å². The van der Waals surface area contributed by atoms with Crippen LogP contribution in [0.3, 0.4) is 0 Å². The van der Waals surface area contributed by atoms with Crippen LogP contribution in [-0.2, 0) is 33.3 Å². The number of hydrogen-bond acceptors (Lipinski definition) is 8. The molecule has 0 saturated carbocycles. The molecule has 9 nitrogen and oxygen atoms in total. The van der Waals surface area contributed by atoms with Crippen molar-refractivity contribution in [3.8, 4) is 0 Å². The zero-order valence-corrected chi connectivity index (χ0v) is 63.5. The molecule has 0 N–H and O–H groups in total. The van der Waals surface area contributed by atoms with Crippen LogP contribution >= 0.6 is 0 Å². The summed E-state index contributed by atoms with van der Waals surface area (Å²) in [5, 5.41) is 11.9. The van der Waals surface area contributed by atoms with Gasteiger partial charge in [-0.3, -0.25) is 9.59 Å². The quantitative estimate of drug-likeness (QED) is 0.0195. The first-order valence-corrected chi connectivity index (χ1v) is 39.2. The van der Waals surface area contributed by atoms with E-state index in [9.17, 15) is 19.5 Å². The first-order valence-electron chi connectivity index (χ1n) is 39.2. The molecular weight excluding hydrogens is 1220 g/mol. The maximum absolute atomic E-state index is 12.9. The third-order valence-corrected chi connectivity index (χ3v) is 16.0. The number of carboxylic acids is 1. The van der Waals surface area contributed by atoms with Gasteiger partial charge in [-0.15, -0.1) is 0 Å². The van der Waals surface area contributed by atoms with Crippen LogP contribution in [0.5, 0.6) is 0 Å². The lowest BCUT2D eigenvalue weighted by Crippen LogP contribution is -2.44. The van der Waals surface area contributed by atoms with Gasteiger partial charge in [-0.25, -0.2) is 0 Å². The van der Waals surface area contributed by atoms with Gasteiger partial charge in [0.2, 0.25) is 0 Å². The summed E-state index contributed by atoms with van der Waals surface area (Å²) in [6.07, 6.45) is 118. The Morgan fingerprint density at radius 1 is 0.303 bits per heavy atom. The number of hydrogen-bond donors (Lipinski definition) is 0. The van der Waals surface area contributed by atoms with E-state index in [-0.39, 0.29) is 38.6 Å². The van der Waals surface area contributed by atoms with Gasteiger partial charge in [-0.1, -0.05) is 330 Å². The fraction of sp³-hybridized carbons (Fsp3) is 0.589. The molecule has 0 aliphatic carbocycles. The van der Waals surface area contributed by atoms with Crippen LogP contribution in [0.4, 0.5) is 0 Å². The van der Waals surface area contributed by atoms with Gasteiger partial charge in [0.05, 0.1) is 40.3 Å². The Labute approximate surface area is 607 Å².